The monoisotopic (exact) mass is 338 g/mol. The van der Waals surface area contributed by atoms with Gasteiger partial charge >= 0.3 is 0 Å². The topological polar surface area (TPSA) is 63.6 Å². The quantitative estimate of drug-likeness (QED) is 0.614. The van der Waals surface area contributed by atoms with Crippen LogP contribution in [0.15, 0.2) is 54.6 Å². The second-order valence-corrected chi connectivity index (χ2v) is 6.32. The van der Waals surface area contributed by atoms with Crippen LogP contribution in [0.5, 0.6) is 11.5 Å². The standard InChI is InChI=1S/C21H22O4/c1-21(2,16-7-5-4-6-8-16)20(24)14-17(22)11-9-15-10-12-18(23)19(13-15)25-3/h4-13,23H,14H2,1-3H3/b11-9+. The van der Waals surface area contributed by atoms with E-state index in [0.717, 1.165) is 5.56 Å². The number of hydrogen-bond donors (Lipinski definition) is 1. The highest BCUT2D eigenvalue weighted by molar-refractivity contribution is 6.09. The van der Waals surface area contributed by atoms with Crippen LogP contribution in [-0.4, -0.2) is 23.8 Å². The molecule has 0 saturated heterocycles. The normalized spacial score (nSPS) is 11.5. The largest absolute Gasteiger partial charge is 0.504 e. The number of phenolic OH excluding ortho intramolecular Hbond substituents is 1. The first kappa shape index (κ1) is 18.5. The lowest BCUT2D eigenvalue weighted by molar-refractivity contribution is -0.127. The fraction of sp³-hybridized carbons (Fsp3) is 0.238. The third-order valence-electron chi connectivity index (χ3n) is 4.19. The molecule has 25 heavy (non-hydrogen) atoms. The van der Waals surface area contributed by atoms with E-state index in [1.165, 1.54) is 19.3 Å². The van der Waals surface area contributed by atoms with Crippen molar-refractivity contribution < 1.29 is 19.4 Å². The van der Waals surface area contributed by atoms with Crippen LogP contribution in [0.3, 0.4) is 0 Å². The number of hydrogen-bond acceptors (Lipinski definition) is 4. The zero-order chi connectivity index (χ0) is 18.4. The summed E-state index contributed by atoms with van der Waals surface area (Å²) in [5.74, 6) is -0.0284. The van der Waals surface area contributed by atoms with Gasteiger partial charge in [-0.25, -0.2) is 0 Å². The first-order valence-electron chi connectivity index (χ1n) is 8.01. The molecule has 1 N–H and O–H groups in total. The Hall–Kier alpha value is -2.88. The van der Waals surface area contributed by atoms with E-state index in [2.05, 4.69) is 0 Å². The highest BCUT2D eigenvalue weighted by atomic mass is 16.5. The minimum absolute atomic E-state index is 0.0331. The van der Waals surface area contributed by atoms with E-state index in [1.807, 2.05) is 44.2 Å². The van der Waals surface area contributed by atoms with Crippen LogP contribution in [0.4, 0.5) is 0 Å². The van der Waals surface area contributed by atoms with E-state index in [1.54, 1.807) is 18.2 Å². The molecular weight excluding hydrogens is 316 g/mol. The summed E-state index contributed by atoms with van der Waals surface area (Å²) in [6.07, 6.45) is 2.82. The van der Waals surface area contributed by atoms with Crippen molar-refractivity contribution >= 4 is 17.6 Å². The molecule has 0 saturated carbocycles. The molecule has 2 aromatic carbocycles. The molecule has 0 bridgehead atoms. The number of Topliss-reactive ketones (excluding diaryl/α,β-unsaturated/α-hetero) is 1. The molecule has 0 heterocycles. The van der Waals surface area contributed by atoms with Crippen molar-refractivity contribution in [3.05, 3.63) is 65.7 Å². The Balaban J connectivity index is 2.05. The molecule has 0 atom stereocenters. The van der Waals surface area contributed by atoms with Gasteiger partial charge in [-0.3, -0.25) is 9.59 Å². The number of allylic oxidation sites excluding steroid dienone is 1. The number of methoxy groups -OCH3 is 1. The van der Waals surface area contributed by atoms with Crippen LogP contribution < -0.4 is 4.74 Å². The maximum atomic E-state index is 12.5. The summed E-state index contributed by atoms with van der Waals surface area (Å²) in [5, 5.41) is 9.57. The fourth-order valence-electron chi connectivity index (χ4n) is 2.44. The number of aromatic hydroxyl groups is 1. The number of ether oxygens (including phenoxy) is 1. The zero-order valence-corrected chi connectivity index (χ0v) is 14.7. The molecule has 2 rings (SSSR count). The third kappa shape index (κ3) is 4.57. The maximum Gasteiger partial charge on any atom is 0.163 e. The van der Waals surface area contributed by atoms with Crippen molar-refractivity contribution in [3.63, 3.8) is 0 Å². The van der Waals surface area contributed by atoms with E-state index in [4.69, 9.17) is 4.74 Å². The molecule has 0 aliphatic carbocycles. The van der Waals surface area contributed by atoms with Crippen molar-refractivity contribution in [1.29, 1.82) is 0 Å². The lowest BCUT2D eigenvalue weighted by Gasteiger charge is -2.23. The first-order valence-corrected chi connectivity index (χ1v) is 8.01. The molecule has 4 nitrogen and oxygen atoms in total. The Morgan fingerprint density at radius 3 is 2.44 bits per heavy atom. The number of carbonyl (C=O) groups excluding carboxylic acids is 2. The maximum absolute atomic E-state index is 12.5. The molecule has 0 radical (unpaired) electrons. The molecule has 0 aromatic heterocycles. The van der Waals surface area contributed by atoms with Gasteiger partial charge in [0.25, 0.3) is 0 Å². The van der Waals surface area contributed by atoms with Gasteiger partial charge in [-0.1, -0.05) is 42.5 Å². The molecule has 0 aliphatic heterocycles. The predicted molar refractivity (Wildman–Crippen MR) is 97.8 cm³/mol. The van der Waals surface area contributed by atoms with Crippen LogP contribution in [0.2, 0.25) is 0 Å². The summed E-state index contributed by atoms with van der Waals surface area (Å²) in [4.78, 5) is 24.7. The molecule has 0 amide bonds. The van der Waals surface area contributed by atoms with Gasteiger partial charge in [0, 0.05) is 5.41 Å². The van der Waals surface area contributed by atoms with E-state index >= 15 is 0 Å². The van der Waals surface area contributed by atoms with Gasteiger partial charge in [-0.2, -0.15) is 0 Å². The Kier molecular flexibility index (Phi) is 5.75. The van der Waals surface area contributed by atoms with Gasteiger partial charge in [0.2, 0.25) is 0 Å². The van der Waals surface area contributed by atoms with Gasteiger partial charge in [0.1, 0.15) is 0 Å². The van der Waals surface area contributed by atoms with Crippen molar-refractivity contribution in [3.8, 4) is 11.5 Å². The Bertz CT molecular complexity index is 789. The minimum atomic E-state index is -0.716. The number of rotatable bonds is 7. The second kappa shape index (κ2) is 7.79. The van der Waals surface area contributed by atoms with Crippen LogP contribution in [0.1, 0.15) is 31.4 Å². The smallest absolute Gasteiger partial charge is 0.163 e. The molecular formula is C21H22O4. The highest BCUT2D eigenvalue weighted by Gasteiger charge is 2.30. The van der Waals surface area contributed by atoms with Gasteiger partial charge in [-0.15, -0.1) is 0 Å². The molecule has 4 heteroatoms. The summed E-state index contributed by atoms with van der Waals surface area (Å²) in [5.41, 5.74) is 0.879. The zero-order valence-electron chi connectivity index (χ0n) is 14.7. The number of phenols is 1. The second-order valence-electron chi connectivity index (χ2n) is 6.32. The summed E-state index contributed by atoms with van der Waals surface area (Å²) in [6.45, 7) is 3.65. The molecule has 0 fully saturated rings. The van der Waals surface area contributed by atoms with E-state index in [-0.39, 0.29) is 23.7 Å². The van der Waals surface area contributed by atoms with E-state index in [0.29, 0.717) is 11.3 Å². The predicted octanol–water partition coefficient (Wildman–Crippen LogP) is 3.92. The molecule has 130 valence electrons. The lowest BCUT2D eigenvalue weighted by atomic mass is 9.79. The van der Waals surface area contributed by atoms with E-state index < -0.39 is 5.41 Å². The molecule has 0 unspecified atom stereocenters. The molecule has 0 aliphatic rings. The van der Waals surface area contributed by atoms with Crippen LogP contribution in [0.25, 0.3) is 6.08 Å². The van der Waals surface area contributed by atoms with Gasteiger partial charge in [-0.05, 0) is 43.2 Å². The summed E-state index contributed by atoms with van der Waals surface area (Å²) < 4.78 is 5.03. The fourth-order valence-corrected chi connectivity index (χ4v) is 2.44. The van der Waals surface area contributed by atoms with Crippen molar-refractivity contribution in [1.82, 2.24) is 0 Å². The van der Waals surface area contributed by atoms with Crippen molar-refractivity contribution in [2.24, 2.45) is 0 Å². The van der Waals surface area contributed by atoms with Gasteiger partial charge in [0.15, 0.2) is 23.1 Å². The number of carbonyl (C=O) groups is 2. The van der Waals surface area contributed by atoms with Gasteiger partial charge in [0.05, 0.1) is 13.5 Å². The third-order valence-corrected chi connectivity index (χ3v) is 4.19. The van der Waals surface area contributed by atoms with Crippen LogP contribution >= 0.6 is 0 Å². The van der Waals surface area contributed by atoms with Crippen LogP contribution in [-0.2, 0) is 15.0 Å². The summed E-state index contributed by atoms with van der Waals surface area (Å²) in [6, 6.07) is 14.2. The summed E-state index contributed by atoms with van der Waals surface area (Å²) >= 11 is 0. The Morgan fingerprint density at radius 1 is 1.12 bits per heavy atom. The van der Waals surface area contributed by atoms with Crippen molar-refractivity contribution in [2.75, 3.05) is 7.11 Å². The molecule has 0 spiro atoms. The molecule has 2 aromatic rings. The Labute approximate surface area is 147 Å². The lowest BCUT2D eigenvalue weighted by Crippen LogP contribution is -2.30. The number of benzene rings is 2. The minimum Gasteiger partial charge on any atom is -0.504 e. The first-order chi connectivity index (χ1) is 11.8. The van der Waals surface area contributed by atoms with Crippen molar-refractivity contribution in [2.45, 2.75) is 25.7 Å². The average Bonchev–Trinajstić information content (AvgIpc) is 2.61. The van der Waals surface area contributed by atoms with E-state index in [9.17, 15) is 14.7 Å². The SMILES string of the molecule is COc1cc(/C=C/C(=O)CC(=O)C(C)(C)c2ccccc2)ccc1O. The highest BCUT2D eigenvalue weighted by Crippen LogP contribution is 2.27. The average molecular weight is 338 g/mol. The number of ketones is 2. The van der Waals surface area contributed by atoms with Gasteiger partial charge < -0.3 is 9.84 Å². The Morgan fingerprint density at radius 2 is 1.80 bits per heavy atom. The van der Waals surface area contributed by atoms with Crippen LogP contribution in [0, 0.1) is 0 Å². The summed E-state index contributed by atoms with van der Waals surface area (Å²) in [7, 11) is 1.46.